The van der Waals surface area contributed by atoms with Crippen LogP contribution in [-0.2, 0) is 4.74 Å². The van der Waals surface area contributed by atoms with E-state index in [1.54, 1.807) is 19.2 Å². The second-order valence-electron chi connectivity index (χ2n) is 4.18. The molecule has 0 spiro atoms. The molecule has 5 nitrogen and oxygen atoms in total. The molecule has 0 aromatic heterocycles. The first-order valence-electron chi connectivity index (χ1n) is 6.61. The summed E-state index contributed by atoms with van der Waals surface area (Å²) in [5.74, 6) is 0.373. The van der Waals surface area contributed by atoms with Crippen LogP contribution in [0, 0.1) is 5.82 Å². The number of hydrogen-bond donors (Lipinski definition) is 2. The number of halogens is 1. The van der Waals surface area contributed by atoms with Crippen molar-refractivity contribution in [3.8, 4) is 5.75 Å². The molecule has 1 aromatic rings. The number of hydrogen-bond acceptors (Lipinski definition) is 3. The predicted octanol–water partition coefficient (Wildman–Crippen LogP) is 1.93. The number of carbonyl (C=O) groups excluding carboxylic acids is 1. The first kappa shape index (κ1) is 16.2. The van der Waals surface area contributed by atoms with Gasteiger partial charge in [-0.3, -0.25) is 0 Å². The van der Waals surface area contributed by atoms with E-state index in [1.807, 2.05) is 0 Å². The molecule has 2 N–H and O–H groups in total. The number of urea groups is 1. The summed E-state index contributed by atoms with van der Waals surface area (Å²) < 4.78 is 22.9. The minimum Gasteiger partial charge on any atom is -0.494 e. The normalized spacial score (nSPS) is 10.1. The Morgan fingerprint density at radius 2 is 1.80 bits per heavy atom. The maximum Gasteiger partial charge on any atom is 0.314 e. The molecule has 0 saturated carbocycles. The molecule has 0 unspecified atom stereocenters. The first-order chi connectivity index (χ1) is 9.72. The molecule has 0 aliphatic rings. The molecule has 0 bridgehead atoms. The van der Waals surface area contributed by atoms with E-state index in [9.17, 15) is 9.18 Å². The molecule has 0 radical (unpaired) electrons. The Morgan fingerprint density at radius 1 is 1.10 bits per heavy atom. The van der Waals surface area contributed by atoms with Gasteiger partial charge in [0.2, 0.25) is 0 Å². The quantitative estimate of drug-likeness (QED) is 0.681. The maximum absolute atomic E-state index is 12.7. The van der Waals surface area contributed by atoms with Crippen molar-refractivity contribution >= 4 is 6.03 Å². The summed E-state index contributed by atoms with van der Waals surface area (Å²) in [6.45, 7) is 2.12. The third-order valence-corrected chi connectivity index (χ3v) is 2.53. The maximum atomic E-state index is 12.7. The van der Waals surface area contributed by atoms with Gasteiger partial charge in [-0.05, 0) is 37.1 Å². The van der Waals surface area contributed by atoms with Gasteiger partial charge < -0.3 is 20.1 Å². The van der Waals surface area contributed by atoms with Gasteiger partial charge in [0.1, 0.15) is 11.6 Å². The van der Waals surface area contributed by atoms with Crippen LogP contribution in [-0.4, -0.2) is 39.4 Å². The van der Waals surface area contributed by atoms with Gasteiger partial charge in [0.25, 0.3) is 0 Å². The van der Waals surface area contributed by atoms with Crippen LogP contribution in [0.5, 0.6) is 5.75 Å². The number of methoxy groups -OCH3 is 1. The molecule has 1 rings (SSSR count). The van der Waals surface area contributed by atoms with Gasteiger partial charge in [-0.25, -0.2) is 9.18 Å². The molecular formula is C14H21FN2O3. The minimum atomic E-state index is -0.277. The fraction of sp³-hybridized carbons (Fsp3) is 0.500. The average molecular weight is 284 g/mol. The largest absolute Gasteiger partial charge is 0.494 e. The van der Waals surface area contributed by atoms with Gasteiger partial charge in [-0.15, -0.1) is 0 Å². The lowest BCUT2D eigenvalue weighted by Gasteiger charge is -2.08. The minimum absolute atomic E-state index is 0.193. The summed E-state index contributed by atoms with van der Waals surface area (Å²) in [5, 5.41) is 5.40. The lowest BCUT2D eigenvalue weighted by atomic mass is 10.3. The van der Waals surface area contributed by atoms with E-state index in [2.05, 4.69) is 10.6 Å². The number of nitrogens with one attached hydrogen (secondary N) is 2. The van der Waals surface area contributed by atoms with Crippen LogP contribution < -0.4 is 15.4 Å². The Kier molecular flexibility index (Phi) is 8.14. The summed E-state index contributed by atoms with van der Waals surface area (Å²) in [7, 11) is 1.58. The Labute approximate surface area is 118 Å². The van der Waals surface area contributed by atoms with Crippen LogP contribution in [0.4, 0.5) is 9.18 Å². The van der Waals surface area contributed by atoms with Gasteiger partial charge in [0.05, 0.1) is 13.2 Å². The van der Waals surface area contributed by atoms with Crippen molar-refractivity contribution in [1.82, 2.24) is 10.6 Å². The molecule has 112 valence electrons. The summed E-state index contributed by atoms with van der Waals surface area (Å²) in [6.07, 6.45) is 1.63. The Bertz CT molecular complexity index is 385. The molecule has 0 aliphatic carbocycles. The summed E-state index contributed by atoms with van der Waals surface area (Å²) in [6, 6.07) is 5.72. The van der Waals surface area contributed by atoms with Crippen LogP contribution in [0.15, 0.2) is 24.3 Å². The van der Waals surface area contributed by atoms with Crippen molar-refractivity contribution in [1.29, 1.82) is 0 Å². The van der Waals surface area contributed by atoms with E-state index >= 15 is 0 Å². The number of ether oxygens (including phenoxy) is 2. The first-order valence-corrected chi connectivity index (χ1v) is 6.61. The lowest BCUT2D eigenvalue weighted by molar-refractivity contribution is 0.196. The predicted molar refractivity (Wildman–Crippen MR) is 74.4 cm³/mol. The Morgan fingerprint density at radius 3 is 2.50 bits per heavy atom. The molecule has 0 fully saturated rings. The van der Waals surface area contributed by atoms with Crippen LogP contribution in [0.25, 0.3) is 0 Å². The molecule has 2 amide bonds. The van der Waals surface area contributed by atoms with Gasteiger partial charge in [0.15, 0.2) is 0 Å². The van der Waals surface area contributed by atoms with E-state index in [1.165, 1.54) is 12.1 Å². The molecule has 6 heteroatoms. The average Bonchev–Trinajstić information content (AvgIpc) is 2.45. The van der Waals surface area contributed by atoms with Crippen molar-refractivity contribution in [2.24, 2.45) is 0 Å². The Balaban J connectivity index is 1.97. The number of benzene rings is 1. The van der Waals surface area contributed by atoms with Gasteiger partial charge >= 0.3 is 6.03 Å². The lowest BCUT2D eigenvalue weighted by Crippen LogP contribution is -2.37. The second-order valence-corrected chi connectivity index (χ2v) is 4.18. The molecular weight excluding hydrogens is 263 g/mol. The van der Waals surface area contributed by atoms with E-state index in [-0.39, 0.29) is 11.8 Å². The SMILES string of the molecule is COCCNC(=O)NCCCCOc1ccc(F)cc1. The fourth-order valence-electron chi connectivity index (χ4n) is 1.48. The van der Waals surface area contributed by atoms with Crippen molar-refractivity contribution < 1.29 is 18.7 Å². The summed E-state index contributed by atoms with van der Waals surface area (Å²) in [5.41, 5.74) is 0. The second kappa shape index (κ2) is 10.0. The zero-order valence-electron chi connectivity index (χ0n) is 11.7. The van der Waals surface area contributed by atoms with Crippen molar-refractivity contribution in [2.75, 3.05) is 33.4 Å². The van der Waals surface area contributed by atoms with Crippen LogP contribution in [0.2, 0.25) is 0 Å². The van der Waals surface area contributed by atoms with Gasteiger partial charge in [0, 0.05) is 20.2 Å². The van der Waals surface area contributed by atoms with Gasteiger partial charge in [-0.1, -0.05) is 0 Å². The molecule has 1 aromatic carbocycles. The van der Waals surface area contributed by atoms with Gasteiger partial charge in [-0.2, -0.15) is 0 Å². The number of carbonyl (C=O) groups is 1. The van der Waals surface area contributed by atoms with Crippen molar-refractivity contribution in [3.05, 3.63) is 30.1 Å². The molecule has 0 aliphatic heterocycles. The third-order valence-electron chi connectivity index (χ3n) is 2.53. The Hall–Kier alpha value is -1.82. The van der Waals surface area contributed by atoms with Crippen LogP contribution in [0.3, 0.4) is 0 Å². The highest BCUT2D eigenvalue weighted by atomic mass is 19.1. The molecule has 0 atom stereocenters. The highest BCUT2D eigenvalue weighted by molar-refractivity contribution is 5.73. The molecule has 0 saturated heterocycles. The van der Waals surface area contributed by atoms with Crippen molar-refractivity contribution in [3.63, 3.8) is 0 Å². The molecule has 20 heavy (non-hydrogen) atoms. The monoisotopic (exact) mass is 284 g/mol. The van der Waals surface area contributed by atoms with E-state index < -0.39 is 0 Å². The zero-order valence-corrected chi connectivity index (χ0v) is 11.7. The van der Waals surface area contributed by atoms with E-state index in [0.29, 0.717) is 32.1 Å². The van der Waals surface area contributed by atoms with E-state index in [4.69, 9.17) is 9.47 Å². The smallest absolute Gasteiger partial charge is 0.314 e. The van der Waals surface area contributed by atoms with Crippen LogP contribution >= 0.6 is 0 Å². The number of amides is 2. The fourth-order valence-corrected chi connectivity index (χ4v) is 1.48. The highest BCUT2D eigenvalue weighted by Crippen LogP contribution is 2.11. The van der Waals surface area contributed by atoms with E-state index in [0.717, 1.165) is 12.8 Å². The molecule has 0 heterocycles. The highest BCUT2D eigenvalue weighted by Gasteiger charge is 1.98. The third kappa shape index (κ3) is 7.58. The van der Waals surface area contributed by atoms with Crippen molar-refractivity contribution in [2.45, 2.75) is 12.8 Å². The topological polar surface area (TPSA) is 59.6 Å². The number of unbranched alkanes of at least 4 members (excludes halogenated alkanes) is 1. The summed E-state index contributed by atoms with van der Waals surface area (Å²) in [4.78, 5) is 11.3. The standard InChI is InChI=1S/C14H21FN2O3/c1-19-11-9-17-14(18)16-8-2-3-10-20-13-6-4-12(15)5-7-13/h4-7H,2-3,8-11H2,1H3,(H2,16,17,18). The number of rotatable bonds is 9. The summed E-state index contributed by atoms with van der Waals surface area (Å²) >= 11 is 0. The zero-order chi connectivity index (χ0) is 14.6. The van der Waals surface area contributed by atoms with Crippen LogP contribution in [0.1, 0.15) is 12.8 Å².